The van der Waals surface area contributed by atoms with Crippen LogP contribution in [0.3, 0.4) is 0 Å². The van der Waals surface area contributed by atoms with E-state index < -0.39 is 0 Å². The minimum absolute atomic E-state index is 0.0556. The number of aryl methyl sites for hydroxylation is 3. The zero-order chi connectivity index (χ0) is 18.7. The van der Waals surface area contributed by atoms with Crippen molar-refractivity contribution in [3.8, 4) is 0 Å². The molecule has 0 unspecified atom stereocenters. The average molecular weight is 378 g/mol. The summed E-state index contributed by atoms with van der Waals surface area (Å²) in [4.78, 5) is 28.2. The maximum Gasteiger partial charge on any atom is 0.234 e. The molecule has 0 spiro atoms. The predicted molar refractivity (Wildman–Crippen MR) is 105 cm³/mol. The average Bonchev–Trinajstić information content (AvgIpc) is 2.89. The van der Waals surface area contributed by atoms with Gasteiger partial charge in [-0.3, -0.25) is 9.69 Å². The van der Waals surface area contributed by atoms with E-state index in [1.165, 1.54) is 15.8 Å². The van der Waals surface area contributed by atoms with Gasteiger partial charge in [-0.05, 0) is 26.3 Å². The molecular weight excluding hydrogens is 350 g/mol. The number of fused-ring (bicyclic) bond motifs is 1. The number of nitrogens with one attached hydrogen (secondary N) is 1. The Kier molecular flexibility index (Phi) is 6.05. The van der Waals surface area contributed by atoms with Crippen LogP contribution in [0.4, 0.5) is 5.82 Å². The van der Waals surface area contributed by atoms with Crippen molar-refractivity contribution in [3.63, 3.8) is 0 Å². The topological polar surface area (TPSA) is 70.6 Å². The number of piperazine rings is 1. The van der Waals surface area contributed by atoms with Crippen molar-refractivity contribution >= 4 is 33.3 Å². The van der Waals surface area contributed by atoms with Gasteiger partial charge in [0.15, 0.2) is 0 Å². The number of anilines is 1. The molecule has 0 aliphatic carbocycles. The second-order valence-electron chi connectivity index (χ2n) is 6.66. The third kappa shape index (κ3) is 4.13. The van der Waals surface area contributed by atoms with Crippen molar-refractivity contribution in [1.82, 2.24) is 20.2 Å². The molecule has 7 nitrogen and oxygen atoms in total. The lowest BCUT2D eigenvalue weighted by Gasteiger charge is -2.35. The van der Waals surface area contributed by atoms with Crippen molar-refractivity contribution < 1.29 is 9.53 Å². The van der Waals surface area contributed by atoms with Crippen LogP contribution >= 0.6 is 11.3 Å². The summed E-state index contributed by atoms with van der Waals surface area (Å²) in [6, 6.07) is 0. The van der Waals surface area contributed by atoms with Gasteiger partial charge in [0, 0.05) is 44.7 Å². The van der Waals surface area contributed by atoms with E-state index in [2.05, 4.69) is 33.9 Å². The van der Waals surface area contributed by atoms with Crippen molar-refractivity contribution in [2.24, 2.45) is 0 Å². The summed E-state index contributed by atoms with van der Waals surface area (Å²) in [5, 5.41) is 4.06. The predicted octanol–water partition coefficient (Wildman–Crippen LogP) is 1.50. The monoisotopic (exact) mass is 377 g/mol. The molecule has 2 aromatic heterocycles. The first kappa shape index (κ1) is 19.0. The van der Waals surface area contributed by atoms with Gasteiger partial charge in [0.2, 0.25) is 5.91 Å². The van der Waals surface area contributed by atoms with Crippen LogP contribution in [0.1, 0.15) is 16.3 Å². The molecule has 1 aliphatic rings. The standard InChI is InChI=1S/C18H27N5O2S/c1-12-13(2)26-18-16(12)17(20-14(3)21-18)23-8-6-22(7-9-23)11-15(24)19-5-10-25-4/h5-11H2,1-4H3,(H,19,24). The number of aromatic nitrogens is 2. The third-order valence-electron chi connectivity index (χ3n) is 4.79. The lowest BCUT2D eigenvalue weighted by molar-refractivity contribution is -0.122. The molecule has 1 N–H and O–H groups in total. The Bertz CT molecular complexity index is 783. The number of hydrogen-bond donors (Lipinski definition) is 1. The number of amides is 1. The zero-order valence-electron chi connectivity index (χ0n) is 16.0. The number of nitrogens with zero attached hydrogens (tertiary/aromatic N) is 4. The minimum atomic E-state index is 0.0556. The highest BCUT2D eigenvalue weighted by molar-refractivity contribution is 7.18. The quantitative estimate of drug-likeness (QED) is 0.770. The Balaban J connectivity index is 1.65. The molecule has 0 aromatic carbocycles. The molecule has 1 saturated heterocycles. The van der Waals surface area contributed by atoms with Gasteiger partial charge in [-0.2, -0.15) is 0 Å². The molecule has 142 valence electrons. The van der Waals surface area contributed by atoms with Crippen molar-refractivity contribution in [2.75, 3.05) is 57.9 Å². The first-order valence-electron chi connectivity index (χ1n) is 8.97. The molecule has 2 aromatic rings. The molecule has 0 saturated carbocycles. The SMILES string of the molecule is COCCNC(=O)CN1CCN(c2nc(C)nc3sc(C)c(C)c23)CC1. The molecule has 3 rings (SSSR count). The van der Waals surface area contributed by atoms with Crippen molar-refractivity contribution in [2.45, 2.75) is 20.8 Å². The Morgan fingerprint density at radius 2 is 1.92 bits per heavy atom. The van der Waals surface area contributed by atoms with Crippen molar-refractivity contribution in [1.29, 1.82) is 0 Å². The molecule has 1 fully saturated rings. The molecule has 0 atom stereocenters. The number of rotatable bonds is 6. The normalized spacial score (nSPS) is 15.6. The summed E-state index contributed by atoms with van der Waals surface area (Å²) >= 11 is 1.74. The fourth-order valence-corrected chi connectivity index (χ4v) is 4.30. The Labute approximate surface area is 158 Å². The molecular formula is C18H27N5O2S. The molecule has 0 radical (unpaired) electrons. The van der Waals surface area contributed by atoms with Gasteiger partial charge in [0.05, 0.1) is 18.5 Å². The smallest absolute Gasteiger partial charge is 0.234 e. The van der Waals surface area contributed by atoms with Gasteiger partial charge in [0.25, 0.3) is 0 Å². The first-order chi connectivity index (χ1) is 12.5. The second-order valence-corrected chi connectivity index (χ2v) is 7.87. The number of carbonyl (C=O) groups excluding carboxylic acids is 1. The van der Waals surface area contributed by atoms with Gasteiger partial charge >= 0.3 is 0 Å². The van der Waals surface area contributed by atoms with Crippen LogP contribution in [0.15, 0.2) is 0 Å². The van der Waals surface area contributed by atoms with Gasteiger partial charge in [-0.1, -0.05) is 0 Å². The summed E-state index contributed by atoms with van der Waals surface area (Å²) in [6.45, 7) is 11.2. The van der Waals surface area contributed by atoms with Gasteiger partial charge in [-0.25, -0.2) is 9.97 Å². The molecule has 0 bridgehead atoms. The van der Waals surface area contributed by atoms with Crippen LogP contribution in [0.5, 0.6) is 0 Å². The summed E-state index contributed by atoms with van der Waals surface area (Å²) < 4.78 is 4.96. The molecule has 26 heavy (non-hydrogen) atoms. The van der Waals surface area contributed by atoms with E-state index in [1.807, 2.05) is 6.92 Å². The van der Waals surface area contributed by atoms with E-state index in [-0.39, 0.29) is 5.91 Å². The Hall–Kier alpha value is -1.77. The maximum atomic E-state index is 12.0. The van der Waals surface area contributed by atoms with E-state index in [0.717, 1.165) is 42.7 Å². The third-order valence-corrected chi connectivity index (χ3v) is 5.89. The van der Waals surface area contributed by atoms with Crippen LogP contribution in [0, 0.1) is 20.8 Å². The molecule has 1 aliphatic heterocycles. The fourth-order valence-electron chi connectivity index (χ4n) is 3.23. The summed E-state index contributed by atoms with van der Waals surface area (Å²) in [6.07, 6.45) is 0. The van der Waals surface area contributed by atoms with E-state index in [1.54, 1.807) is 18.4 Å². The number of hydrogen-bond acceptors (Lipinski definition) is 7. The van der Waals surface area contributed by atoms with Crippen LogP contribution in [-0.4, -0.2) is 73.8 Å². The van der Waals surface area contributed by atoms with Gasteiger partial charge in [0.1, 0.15) is 16.5 Å². The highest BCUT2D eigenvalue weighted by Gasteiger charge is 2.23. The second kappa shape index (κ2) is 8.28. The first-order valence-corrected chi connectivity index (χ1v) is 9.78. The minimum Gasteiger partial charge on any atom is -0.383 e. The van der Waals surface area contributed by atoms with Gasteiger partial charge in [-0.15, -0.1) is 11.3 Å². The number of ether oxygens (including phenoxy) is 1. The van der Waals surface area contributed by atoms with Crippen LogP contribution in [0.2, 0.25) is 0 Å². The van der Waals surface area contributed by atoms with Crippen LogP contribution in [-0.2, 0) is 9.53 Å². The number of methoxy groups -OCH3 is 1. The van der Waals surface area contributed by atoms with Gasteiger partial charge < -0.3 is 15.0 Å². The van der Waals surface area contributed by atoms with Crippen LogP contribution < -0.4 is 10.2 Å². The number of carbonyl (C=O) groups is 1. The Morgan fingerprint density at radius 1 is 1.19 bits per heavy atom. The number of thiophene rings is 1. The van der Waals surface area contributed by atoms with E-state index in [9.17, 15) is 4.79 Å². The lowest BCUT2D eigenvalue weighted by atomic mass is 10.2. The summed E-state index contributed by atoms with van der Waals surface area (Å²) in [7, 11) is 1.63. The molecule has 3 heterocycles. The Morgan fingerprint density at radius 3 is 2.62 bits per heavy atom. The highest BCUT2D eigenvalue weighted by atomic mass is 32.1. The van der Waals surface area contributed by atoms with Crippen LogP contribution in [0.25, 0.3) is 10.2 Å². The largest absolute Gasteiger partial charge is 0.383 e. The van der Waals surface area contributed by atoms with E-state index in [0.29, 0.717) is 19.7 Å². The lowest BCUT2D eigenvalue weighted by Crippen LogP contribution is -2.50. The van der Waals surface area contributed by atoms with Crippen molar-refractivity contribution in [3.05, 3.63) is 16.3 Å². The van der Waals surface area contributed by atoms with E-state index in [4.69, 9.17) is 9.72 Å². The zero-order valence-corrected chi connectivity index (χ0v) is 16.8. The summed E-state index contributed by atoms with van der Waals surface area (Å²) in [5.41, 5.74) is 1.28. The summed E-state index contributed by atoms with van der Waals surface area (Å²) in [5.74, 6) is 1.91. The fraction of sp³-hybridized carbons (Fsp3) is 0.611. The highest BCUT2D eigenvalue weighted by Crippen LogP contribution is 2.35. The van der Waals surface area contributed by atoms with E-state index >= 15 is 0 Å². The molecule has 8 heteroatoms. The molecule has 1 amide bonds. The maximum absolute atomic E-state index is 12.0.